The number of nitrogens with zero attached hydrogens (tertiary/aromatic N) is 2. The van der Waals surface area contributed by atoms with Gasteiger partial charge in [0.25, 0.3) is 0 Å². The summed E-state index contributed by atoms with van der Waals surface area (Å²) in [6.45, 7) is 14.6. The Hall–Kier alpha value is -0.450. The largest absolute Gasteiger partial charge is 0.310 e. The van der Waals surface area contributed by atoms with Crippen molar-refractivity contribution in [2.24, 2.45) is 11.3 Å². The van der Waals surface area contributed by atoms with E-state index in [9.17, 15) is 0 Å². The summed E-state index contributed by atoms with van der Waals surface area (Å²) in [5, 5.41) is 6.89. The van der Waals surface area contributed by atoms with Gasteiger partial charge in [0.2, 0.25) is 0 Å². The van der Waals surface area contributed by atoms with E-state index >= 15 is 0 Å². The predicted molar refractivity (Wildman–Crippen MR) is 82.3 cm³/mol. The minimum absolute atomic E-state index is 0.484. The van der Waals surface area contributed by atoms with Gasteiger partial charge in [-0.15, -0.1) is 11.3 Å². The van der Waals surface area contributed by atoms with Crippen molar-refractivity contribution in [1.29, 1.82) is 0 Å². The third kappa shape index (κ3) is 4.86. The molecular formula is C15H27N3S. The first-order valence-corrected chi connectivity index (χ1v) is 8.19. The second-order valence-electron chi connectivity index (χ2n) is 6.88. The molecule has 1 aliphatic rings. The van der Waals surface area contributed by atoms with Crippen molar-refractivity contribution in [3.8, 4) is 0 Å². The van der Waals surface area contributed by atoms with E-state index < -0.39 is 0 Å². The third-order valence-electron chi connectivity index (χ3n) is 3.57. The minimum Gasteiger partial charge on any atom is -0.310 e. The van der Waals surface area contributed by atoms with Gasteiger partial charge in [0.15, 0.2) is 0 Å². The number of rotatable bonds is 6. The van der Waals surface area contributed by atoms with E-state index in [2.05, 4.69) is 43.3 Å². The first-order valence-electron chi connectivity index (χ1n) is 7.31. The van der Waals surface area contributed by atoms with Crippen LogP contribution in [0.15, 0.2) is 5.38 Å². The van der Waals surface area contributed by atoms with Crippen LogP contribution in [-0.2, 0) is 13.1 Å². The molecule has 2 rings (SSSR count). The first kappa shape index (κ1) is 14.9. The summed E-state index contributed by atoms with van der Waals surface area (Å²) in [4.78, 5) is 7.26. The van der Waals surface area contributed by atoms with Gasteiger partial charge in [-0.25, -0.2) is 4.98 Å². The molecule has 0 saturated carbocycles. The molecule has 1 aliphatic heterocycles. The van der Waals surface area contributed by atoms with Crippen LogP contribution in [0.5, 0.6) is 0 Å². The van der Waals surface area contributed by atoms with Crippen LogP contribution in [0.3, 0.4) is 0 Å². The van der Waals surface area contributed by atoms with Crippen LogP contribution in [0.4, 0.5) is 0 Å². The monoisotopic (exact) mass is 281 g/mol. The van der Waals surface area contributed by atoms with Gasteiger partial charge < -0.3 is 5.32 Å². The Balaban J connectivity index is 1.78. The van der Waals surface area contributed by atoms with Crippen LogP contribution in [0.1, 0.15) is 44.8 Å². The average molecular weight is 281 g/mol. The molecule has 0 bridgehead atoms. The summed E-state index contributed by atoms with van der Waals surface area (Å²) >= 11 is 1.78. The lowest BCUT2D eigenvalue weighted by Crippen LogP contribution is -2.23. The maximum Gasteiger partial charge on any atom is 0.107 e. The standard InChI is InChI=1S/C15H27N3S/c1-12(2)7-16-8-14-17-13(10-19-14)9-18-6-5-15(3,4)11-18/h10,12,16H,5-9,11H2,1-4H3. The van der Waals surface area contributed by atoms with Crippen molar-refractivity contribution >= 4 is 11.3 Å². The molecule has 108 valence electrons. The van der Waals surface area contributed by atoms with Gasteiger partial charge in [0.1, 0.15) is 5.01 Å². The summed E-state index contributed by atoms with van der Waals surface area (Å²) in [5.74, 6) is 0.700. The molecule has 0 atom stereocenters. The molecule has 0 spiro atoms. The highest BCUT2D eigenvalue weighted by Gasteiger charge is 2.29. The van der Waals surface area contributed by atoms with Crippen molar-refractivity contribution in [2.45, 2.75) is 47.2 Å². The lowest BCUT2D eigenvalue weighted by Gasteiger charge is -2.18. The lowest BCUT2D eigenvalue weighted by molar-refractivity contribution is 0.282. The van der Waals surface area contributed by atoms with Crippen LogP contribution in [-0.4, -0.2) is 29.5 Å². The Kier molecular flexibility index (Phi) is 4.98. The Morgan fingerprint density at radius 1 is 1.47 bits per heavy atom. The van der Waals surface area contributed by atoms with Crippen LogP contribution in [0, 0.1) is 11.3 Å². The number of hydrogen-bond donors (Lipinski definition) is 1. The van der Waals surface area contributed by atoms with Gasteiger partial charge >= 0.3 is 0 Å². The van der Waals surface area contributed by atoms with E-state index in [4.69, 9.17) is 4.98 Å². The summed E-state index contributed by atoms with van der Waals surface area (Å²) < 4.78 is 0. The van der Waals surface area contributed by atoms with E-state index in [1.807, 2.05) is 0 Å². The summed E-state index contributed by atoms with van der Waals surface area (Å²) in [6, 6.07) is 0. The molecule has 19 heavy (non-hydrogen) atoms. The van der Waals surface area contributed by atoms with E-state index in [1.165, 1.54) is 30.2 Å². The second-order valence-corrected chi connectivity index (χ2v) is 7.82. The zero-order valence-electron chi connectivity index (χ0n) is 12.7. The third-order valence-corrected chi connectivity index (χ3v) is 4.47. The molecule has 1 N–H and O–H groups in total. The van der Waals surface area contributed by atoms with E-state index in [0.29, 0.717) is 11.3 Å². The molecule has 3 nitrogen and oxygen atoms in total. The van der Waals surface area contributed by atoms with Gasteiger partial charge in [-0.3, -0.25) is 4.90 Å². The zero-order chi connectivity index (χ0) is 13.9. The molecule has 2 heterocycles. The van der Waals surface area contributed by atoms with Gasteiger partial charge in [-0.1, -0.05) is 27.7 Å². The summed E-state index contributed by atoms with van der Waals surface area (Å²) in [7, 11) is 0. The molecule has 1 aromatic heterocycles. The van der Waals surface area contributed by atoms with Crippen molar-refractivity contribution in [3.05, 3.63) is 16.1 Å². The molecule has 1 fully saturated rings. The molecule has 0 aliphatic carbocycles. The first-order chi connectivity index (χ1) is 8.94. The molecule has 4 heteroatoms. The Bertz CT molecular complexity index is 398. The Morgan fingerprint density at radius 2 is 2.26 bits per heavy atom. The number of thiazole rings is 1. The Labute approximate surface area is 121 Å². The summed E-state index contributed by atoms with van der Waals surface area (Å²) in [6.07, 6.45) is 1.31. The molecule has 0 amide bonds. The van der Waals surface area contributed by atoms with Crippen molar-refractivity contribution in [1.82, 2.24) is 15.2 Å². The molecular weight excluding hydrogens is 254 g/mol. The second kappa shape index (κ2) is 6.33. The highest BCUT2D eigenvalue weighted by molar-refractivity contribution is 7.09. The average Bonchev–Trinajstić information content (AvgIpc) is 2.86. The normalized spacial score (nSPS) is 19.4. The highest BCUT2D eigenvalue weighted by atomic mass is 32.1. The van der Waals surface area contributed by atoms with Crippen LogP contribution < -0.4 is 5.32 Å². The quantitative estimate of drug-likeness (QED) is 0.868. The molecule has 0 unspecified atom stereocenters. The highest BCUT2D eigenvalue weighted by Crippen LogP contribution is 2.29. The minimum atomic E-state index is 0.484. The van der Waals surface area contributed by atoms with Crippen LogP contribution in [0.2, 0.25) is 0 Å². The van der Waals surface area contributed by atoms with E-state index in [-0.39, 0.29) is 0 Å². The number of hydrogen-bond acceptors (Lipinski definition) is 4. The van der Waals surface area contributed by atoms with E-state index in [0.717, 1.165) is 19.6 Å². The molecule has 0 radical (unpaired) electrons. The number of aromatic nitrogens is 1. The van der Waals surface area contributed by atoms with Crippen molar-refractivity contribution in [3.63, 3.8) is 0 Å². The Morgan fingerprint density at radius 3 is 2.89 bits per heavy atom. The summed E-state index contributed by atoms with van der Waals surface area (Å²) in [5.41, 5.74) is 1.72. The van der Waals surface area contributed by atoms with Crippen LogP contribution >= 0.6 is 11.3 Å². The van der Waals surface area contributed by atoms with Gasteiger partial charge in [-0.05, 0) is 30.8 Å². The smallest absolute Gasteiger partial charge is 0.107 e. The van der Waals surface area contributed by atoms with Gasteiger partial charge in [-0.2, -0.15) is 0 Å². The molecule has 1 saturated heterocycles. The van der Waals surface area contributed by atoms with Crippen LogP contribution in [0.25, 0.3) is 0 Å². The number of nitrogens with one attached hydrogen (secondary N) is 1. The topological polar surface area (TPSA) is 28.2 Å². The van der Waals surface area contributed by atoms with Crippen molar-refractivity contribution < 1.29 is 0 Å². The maximum atomic E-state index is 4.73. The van der Waals surface area contributed by atoms with Gasteiger partial charge in [0, 0.05) is 25.0 Å². The number of likely N-dealkylation sites (tertiary alicyclic amines) is 1. The predicted octanol–water partition coefficient (Wildman–Crippen LogP) is 3.12. The van der Waals surface area contributed by atoms with Gasteiger partial charge in [0.05, 0.1) is 5.69 Å². The maximum absolute atomic E-state index is 4.73. The lowest BCUT2D eigenvalue weighted by atomic mass is 9.93. The van der Waals surface area contributed by atoms with E-state index in [1.54, 1.807) is 11.3 Å². The fourth-order valence-corrected chi connectivity index (χ4v) is 3.31. The van der Waals surface area contributed by atoms with Crippen molar-refractivity contribution in [2.75, 3.05) is 19.6 Å². The SMILES string of the molecule is CC(C)CNCc1nc(CN2CCC(C)(C)C2)cs1. The molecule has 0 aromatic carbocycles. The fraction of sp³-hybridized carbons (Fsp3) is 0.800. The zero-order valence-corrected chi connectivity index (χ0v) is 13.5. The molecule has 1 aromatic rings. The fourth-order valence-electron chi connectivity index (χ4n) is 2.56.